The van der Waals surface area contributed by atoms with Crippen molar-refractivity contribution >= 4 is 17.6 Å². The van der Waals surface area contributed by atoms with E-state index in [1.165, 1.54) is 14.2 Å². The van der Waals surface area contributed by atoms with E-state index >= 15 is 0 Å². The lowest BCUT2D eigenvalue weighted by molar-refractivity contribution is -0.147. The van der Waals surface area contributed by atoms with Gasteiger partial charge in [-0.25, -0.2) is 0 Å². The summed E-state index contributed by atoms with van der Waals surface area (Å²) in [6.45, 7) is 2.03. The van der Waals surface area contributed by atoms with Crippen molar-refractivity contribution in [1.29, 1.82) is 0 Å². The van der Waals surface area contributed by atoms with Crippen molar-refractivity contribution in [3.63, 3.8) is 0 Å². The van der Waals surface area contributed by atoms with E-state index in [4.69, 9.17) is 18.9 Å². The molecule has 28 heavy (non-hydrogen) atoms. The van der Waals surface area contributed by atoms with Gasteiger partial charge in [0.05, 0.1) is 20.8 Å². The molecule has 0 aromatic heterocycles. The molecule has 1 amide bonds. The molecule has 2 aromatic rings. The quantitative estimate of drug-likeness (QED) is 0.497. The fourth-order valence-electron chi connectivity index (χ4n) is 2.44. The molecule has 1 N–H and O–H groups in total. The molecule has 7 nitrogen and oxygen atoms in total. The highest BCUT2D eigenvalue weighted by Gasteiger charge is 2.10. The zero-order valence-corrected chi connectivity index (χ0v) is 16.3. The SMILES string of the molecule is COc1ccc(NC(=O)COC(=O)CCCOc2cccc(C)c2)cc1OC. The Kier molecular flexibility index (Phi) is 8.14. The largest absolute Gasteiger partial charge is 0.494 e. The van der Waals surface area contributed by atoms with E-state index in [2.05, 4.69) is 5.32 Å². The normalized spacial score (nSPS) is 10.1. The van der Waals surface area contributed by atoms with Crippen molar-refractivity contribution in [2.45, 2.75) is 19.8 Å². The number of amides is 1. The maximum atomic E-state index is 11.9. The third kappa shape index (κ3) is 6.83. The Bertz CT molecular complexity index is 805. The highest BCUT2D eigenvalue weighted by molar-refractivity contribution is 5.93. The van der Waals surface area contributed by atoms with Crippen LogP contribution in [0.5, 0.6) is 17.2 Å². The van der Waals surface area contributed by atoms with Gasteiger partial charge < -0.3 is 24.3 Å². The van der Waals surface area contributed by atoms with Crippen molar-refractivity contribution < 1.29 is 28.5 Å². The minimum absolute atomic E-state index is 0.176. The number of hydrogen-bond donors (Lipinski definition) is 1. The van der Waals surface area contributed by atoms with Gasteiger partial charge in [-0.05, 0) is 43.2 Å². The number of aryl methyl sites for hydroxylation is 1. The summed E-state index contributed by atoms with van der Waals surface area (Å²) in [5.74, 6) is 0.931. The van der Waals surface area contributed by atoms with Gasteiger partial charge in [0.15, 0.2) is 18.1 Å². The van der Waals surface area contributed by atoms with Crippen LogP contribution in [0.4, 0.5) is 5.69 Å². The second-order valence-electron chi connectivity index (χ2n) is 6.05. The molecule has 0 aliphatic rings. The van der Waals surface area contributed by atoms with Crippen LogP contribution in [0.15, 0.2) is 42.5 Å². The Morgan fingerprint density at radius 3 is 2.50 bits per heavy atom. The summed E-state index contributed by atoms with van der Waals surface area (Å²) in [6, 6.07) is 12.7. The number of carbonyl (C=O) groups is 2. The average Bonchev–Trinajstić information content (AvgIpc) is 2.69. The molecule has 7 heteroatoms. The summed E-state index contributed by atoms with van der Waals surface area (Å²) in [7, 11) is 3.04. The first-order chi connectivity index (χ1) is 13.5. The Morgan fingerprint density at radius 2 is 1.79 bits per heavy atom. The smallest absolute Gasteiger partial charge is 0.306 e. The minimum Gasteiger partial charge on any atom is -0.494 e. The van der Waals surface area contributed by atoms with Crippen LogP contribution in [0.3, 0.4) is 0 Å². The van der Waals surface area contributed by atoms with Crippen molar-refractivity contribution in [1.82, 2.24) is 0 Å². The van der Waals surface area contributed by atoms with Gasteiger partial charge in [-0.15, -0.1) is 0 Å². The number of hydrogen-bond acceptors (Lipinski definition) is 6. The van der Waals surface area contributed by atoms with Gasteiger partial charge in [0.2, 0.25) is 0 Å². The summed E-state index contributed by atoms with van der Waals surface area (Å²) >= 11 is 0. The highest BCUT2D eigenvalue weighted by Crippen LogP contribution is 2.29. The lowest BCUT2D eigenvalue weighted by Crippen LogP contribution is -2.21. The van der Waals surface area contributed by atoms with Gasteiger partial charge in [-0.1, -0.05) is 12.1 Å². The van der Waals surface area contributed by atoms with E-state index < -0.39 is 11.9 Å². The Labute approximate surface area is 164 Å². The molecule has 0 aliphatic carbocycles. The first-order valence-electron chi connectivity index (χ1n) is 8.89. The average molecular weight is 387 g/mol. The fraction of sp³-hybridized carbons (Fsp3) is 0.333. The molecule has 0 spiro atoms. The van der Waals surface area contributed by atoms with Crippen LogP contribution < -0.4 is 19.5 Å². The third-order valence-electron chi connectivity index (χ3n) is 3.82. The number of benzene rings is 2. The lowest BCUT2D eigenvalue weighted by atomic mass is 10.2. The van der Waals surface area contributed by atoms with Gasteiger partial charge in [0.1, 0.15) is 5.75 Å². The Morgan fingerprint density at radius 1 is 1.00 bits per heavy atom. The molecule has 0 radical (unpaired) electrons. The van der Waals surface area contributed by atoms with Gasteiger partial charge >= 0.3 is 5.97 Å². The molecule has 150 valence electrons. The van der Waals surface area contributed by atoms with Gasteiger partial charge in [-0.2, -0.15) is 0 Å². The Hall–Kier alpha value is -3.22. The van der Waals surface area contributed by atoms with Crippen LogP contribution in [0.25, 0.3) is 0 Å². The first kappa shape index (κ1) is 21.1. The standard InChI is InChI=1S/C21H25NO6/c1-15-6-4-7-17(12-15)27-11-5-8-21(24)28-14-20(23)22-16-9-10-18(25-2)19(13-16)26-3/h4,6-7,9-10,12-13H,5,8,11,14H2,1-3H3,(H,22,23). The molecular weight excluding hydrogens is 362 g/mol. The zero-order valence-electron chi connectivity index (χ0n) is 16.3. The maximum Gasteiger partial charge on any atom is 0.306 e. The number of methoxy groups -OCH3 is 2. The van der Waals surface area contributed by atoms with E-state index in [-0.39, 0.29) is 13.0 Å². The molecule has 0 unspecified atom stereocenters. The molecule has 0 bridgehead atoms. The van der Waals surface area contributed by atoms with Crippen LogP contribution in [-0.2, 0) is 14.3 Å². The van der Waals surface area contributed by atoms with Crippen molar-refractivity contribution in [2.24, 2.45) is 0 Å². The van der Waals surface area contributed by atoms with Gasteiger partial charge in [0, 0.05) is 18.2 Å². The Balaban J connectivity index is 1.67. The number of carbonyl (C=O) groups excluding carboxylic acids is 2. The van der Waals surface area contributed by atoms with Crippen LogP contribution in [0.2, 0.25) is 0 Å². The number of ether oxygens (including phenoxy) is 4. The first-order valence-corrected chi connectivity index (χ1v) is 8.89. The summed E-state index contributed by atoms with van der Waals surface area (Å²) in [6.07, 6.45) is 0.680. The number of anilines is 1. The molecule has 0 aliphatic heterocycles. The van der Waals surface area contributed by atoms with Crippen LogP contribution in [0, 0.1) is 6.92 Å². The summed E-state index contributed by atoms with van der Waals surface area (Å²) < 4.78 is 20.9. The molecule has 0 fully saturated rings. The molecule has 2 aromatic carbocycles. The van der Waals surface area contributed by atoms with Gasteiger partial charge in [-0.3, -0.25) is 9.59 Å². The lowest BCUT2D eigenvalue weighted by Gasteiger charge is -2.11. The van der Waals surface area contributed by atoms with Crippen LogP contribution in [0.1, 0.15) is 18.4 Å². The molecular formula is C21H25NO6. The van der Waals surface area contributed by atoms with Crippen LogP contribution in [-0.4, -0.2) is 39.3 Å². The molecule has 2 rings (SSSR count). The van der Waals surface area contributed by atoms with E-state index in [1.807, 2.05) is 31.2 Å². The maximum absolute atomic E-state index is 11.9. The minimum atomic E-state index is -0.449. The van der Waals surface area contributed by atoms with E-state index in [1.54, 1.807) is 18.2 Å². The van der Waals surface area contributed by atoms with E-state index in [0.717, 1.165) is 11.3 Å². The fourth-order valence-corrected chi connectivity index (χ4v) is 2.44. The molecule has 0 heterocycles. The second kappa shape index (κ2) is 10.8. The van der Waals surface area contributed by atoms with Crippen LogP contribution >= 0.6 is 0 Å². The predicted octanol–water partition coefficient (Wildman–Crippen LogP) is 3.35. The number of nitrogens with one attached hydrogen (secondary N) is 1. The predicted molar refractivity (Wildman–Crippen MR) is 105 cm³/mol. The molecule has 0 saturated carbocycles. The topological polar surface area (TPSA) is 83.1 Å². The third-order valence-corrected chi connectivity index (χ3v) is 3.82. The van der Waals surface area contributed by atoms with Crippen molar-refractivity contribution in [3.05, 3.63) is 48.0 Å². The zero-order chi connectivity index (χ0) is 20.4. The highest BCUT2D eigenvalue weighted by atomic mass is 16.5. The summed E-state index contributed by atoms with van der Waals surface area (Å²) in [5.41, 5.74) is 1.63. The molecule has 0 atom stereocenters. The van der Waals surface area contributed by atoms with Crippen molar-refractivity contribution in [3.8, 4) is 17.2 Å². The second-order valence-corrected chi connectivity index (χ2v) is 6.05. The molecule has 0 saturated heterocycles. The van der Waals surface area contributed by atoms with E-state index in [0.29, 0.717) is 30.2 Å². The van der Waals surface area contributed by atoms with E-state index in [9.17, 15) is 9.59 Å². The van der Waals surface area contributed by atoms with Gasteiger partial charge in [0.25, 0.3) is 5.91 Å². The monoisotopic (exact) mass is 387 g/mol. The summed E-state index contributed by atoms with van der Waals surface area (Å²) in [5, 5.41) is 2.64. The number of rotatable bonds is 10. The summed E-state index contributed by atoms with van der Waals surface area (Å²) in [4.78, 5) is 23.7. The van der Waals surface area contributed by atoms with Crippen molar-refractivity contribution in [2.75, 3.05) is 32.8 Å². The number of esters is 1.